The van der Waals surface area contributed by atoms with Gasteiger partial charge < -0.3 is 5.32 Å². The van der Waals surface area contributed by atoms with Crippen LogP contribution in [0.5, 0.6) is 0 Å². The average molecular weight is 419 g/mol. The van der Waals surface area contributed by atoms with Crippen molar-refractivity contribution in [3.63, 3.8) is 0 Å². The van der Waals surface area contributed by atoms with Crippen molar-refractivity contribution in [2.75, 3.05) is 26.2 Å². The molecule has 3 aromatic rings. The van der Waals surface area contributed by atoms with Crippen LogP contribution in [-0.4, -0.2) is 31.1 Å². The molecule has 3 aromatic carbocycles. The standard InChI is InChI=1S/C24H30N2.2ClH/c1-2-3-4-13-23(26-16-14-25-15-17-26)24-21-11-7-5-9-19(21)18-20-10-6-8-12-22(20)24;;/h5-12,18,23,25H,2-4,13-17H2,1H3;2*1H/t23-;;/m1../s1. The van der Waals surface area contributed by atoms with Crippen LogP contribution in [0.3, 0.4) is 0 Å². The number of nitrogens with one attached hydrogen (secondary N) is 1. The molecule has 1 saturated heterocycles. The van der Waals surface area contributed by atoms with Crippen LogP contribution in [0, 0.1) is 0 Å². The maximum atomic E-state index is 3.52. The lowest BCUT2D eigenvalue weighted by Gasteiger charge is -2.36. The summed E-state index contributed by atoms with van der Waals surface area (Å²) in [5, 5.41) is 9.14. The maximum absolute atomic E-state index is 3.52. The van der Waals surface area contributed by atoms with Crippen molar-refractivity contribution in [1.29, 1.82) is 0 Å². The quantitative estimate of drug-likeness (QED) is 0.369. The van der Waals surface area contributed by atoms with Crippen molar-refractivity contribution >= 4 is 46.4 Å². The van der Waals surface area contributed by atoms with Gasteiger partial charge in [-0.15, -0.1) is 24.8 Å². The lowest BCUT2D eigenvalue weighted by atomic mass is 9.88. The monoisotopic (exact) mass is 418 g/mol. The zero-order valence-corrected chi connectivity index (χ0v) is 18.3. The van der Waals surface area contributed by atoms with Gasteiger partial charge in [-0.05, 0) is 39.6 Å². The van der Waals surface area contributed by atoms with Gasteiger partial charge in [0.05, 0.1) is 0 Å². The summed E-state index contributed by atoms with van der Waals surface area (Å²) in [5.74, 6) is 0. The molecule has 0 radical (unpaired) electrons. The van der Waals surface area contributed by atoms with E-state index in [1.54, 1.807) is 5.56 Å². The summed E-state index contributed by atoms with van der Waals surface area (Å²) < 4.78 is 0. The molecule has 0 spiro atoms. The zero-order chi connectivity index (χ0) is 17.8. The second-order valence-corrected chi connectivity index (χ2v) is 7.53. The number of piperazine rings is 1. The van der Waals surface area contributed by atoms with E-state index in [-0.39, 0.29) is 24.8 Å². The van der Waals surface area contributed by atoms with E-state index < -0.39 is 0 Å². The highest BCUT2D eigenvalue weighted by atomic mass is 35.5. The molecule has 2 nitrogen and oxygen atoms in total. The molecule has 0 saturated carbocycles. The minimum atomic E-state index is 0. The van der Waals surface area contributed by atoms with Crippen LogP contribution < -0.4 is 5.32 Å². The molecule has 152 valence electrons. The van der Waals surface area contributed by atoms with Gasteiger partial charge in [0, 0.05) is 32.2 Å². The Bertz CT molecular complexity index is 821. The fourth-order valence-electron chi connectivity index (χ4n) is 4.50. The van der Waals surface area contributed by atoms with E-state index in [2.05, 4.69) is 71.7 Å². The van der Waals surface area contributed by atoms with Crippen LogP contribution in [0.4, 0.5) is 0 Å². The van der Waals surface area contributed by atoms with Gasteiger partial charge in [-0.3, -0.25) is 4.90 Å². The molecule has 1 aliphatic rings. The highest BCUT2D eigenvalue weighted by Crippen LogP contribution is 2.38. The fraction of sp³-hybridized carbons (Fsp3) is 0.417. The molecule has 1 heterocycles. The van der Waals surface area contributed by atoms with Crippen molar-refractivity contribution in [2.45, 2.75) is 38.6 Å². The minimum Gasteiger partial charge on any atom is -0.314 e. The van der Waals surface area contributed by atoms with Crippen LogP contribution in [0.15, 0.2) is 54.6 Å². The predicted octanol–water partition coefficient (Wildman–Crippen LogP) is 6.36. The largest absolute Gasteiger partial charge is 0.314 e. The number of nitrogens with zero attached hydrogens (tertiary/aromatic N) is 1. The minimum absolute atomic E-state index is 0. The van der Waals surface area contributed by atoms with Crippen molar-refractivity contribution in [1.82, 2.24) is 10.2 Å². The first-order valence-corrected chi connectivity index (χ1v) is 10.2. The highest BCUT2D eigenvalue weighted by Gasteiger charge is 2.25. The average Bonchev–Trinajstić information content (AvgIpc) is 2.71. The third kappa shape index (κ3) is 4.80. The second kappa shape index (κ2) is 11.0. The van der Waals surface area contributed by atoms with Gasteiger partial charge in [0.2, 0.25) is 0 Å². The van der Waals surface area contributed by atoms with E-state index in [9.17, 15) is 0 Å². The van der Waals surface area contributed by atoms with Gasteiger partial charge in [-0.2, -0.15) is 0 Å². The summed E-state index contributed by atoms with van der Waals surface area (Å²) in [5.41, 5.74) is 1.55. The number of rotatable bonds is 6. The molecule has 1 N–H and O–H groups in total. The van der Waals surface area contributed by atoms with Crippen molar-refractivity contribution in [2.24, 2.45) is 0 Å². The molecular formula is C24H32Cl2N2. The lowest BCUT2D eigenvalue weighted by molar-refractivity contribution is 0.164. The Hall–Kier alpha value is -1.32. The summed E-state index contributed by atoms with van der Waals surface area (Å²) >= 11 is 0. The smallest absolute Gasteiger partial charge is 0.0361 e. The molecule has 0 aliphatic carbocycles. The number of hydrogen-bond acceptors (Lipinski definition) is 2. The molecular weight excluding hydrogens is 387 g/mol. The SMILES string of the molecule is CCCCC[C@H](c1c2ccccc2cc2ccccc12)N1CCNCC1.Cl.Cl. The van der Waals surface area contributed by atoms with Gasteiger partial charge in [-0.25, -0.2) is 0 Å². The van der Waals surface area contributed by atoms with Gasteiger partial charge in [-0.1, -0.05) is 74.7 Å². The molecule has 0 amide bonds. The number of halogens is 2. The van der Waals surface area contributed by atoms with E-state index >= 15 is 0 Å². The first-order chi connectivity index (χ1) is 12.9. The number of fused-ring (bicyclic) bond motifs is 2. The Kier molecular flexibility index (Phi) is 9.04. The van der Waals surface area contributed by atoms with Crippen molar-refractivity contribution in [3.05, 3.63) is 60.2 Å². The van der Waals surface area contributed by atoms with Crippen molar-refractivity contribution < 1.29 is 0 Å². The molecule has 1 atom stereocenters. The van der Waals surface area contributed by atoms with E-state index in [0.29, 0.717) is 6.04 Å². The Morgan fingerprint density at radius 3 is 2.00 bits per heavy atom. The van der Waals surface area contributed by atoms with E-state index in [4.69, 9.17) is 0 Å². The Balaban J connectivity index is 0.00000140. The topological polar surface area (TPSA) is 15.3 Å². The summed E-state index contributed by atoms with van der Waals surface area (Å²) in [6.45, 7) is 6.80. The van der Waals surface area contributed by atoms with Crippen molar-refractivity contribution in [3.8, 4) is 0 Å². The maximum Gasteiger partial charge on any atom is 0.0361 e. The summed E-state index contributed by atoms with van der Waals surface area (Å²) in [7, 11) is 0. The number of hydrogen-bond donors (Lipinski definition) is 1. The fourth-order valence-corrected chi connectivity index (χ4v) is 4.50. The third-order valence-corrected chi connectivity index (χ3v) is 5.82. The normalized spacial score (nSPS) is 15.8. The van der Waals surface area contributed by atoms with E-state index in [0.717, 1.165) is 26.2 Å². The van der Waals surface area contributed by atoms with Gasteiger partial charge in [0.25, 0.3) is 0 Å². The predicted molar refractivity (Wildman–Crippen MR) is 127 cm³/mol. The summed E-state index contributed by atoms with van der Waals surface area (Å²) in [6.07, 6.45) is 5.17. The zero-order valence-electron chi connectivity index (χ0n) is 16.7. The molecule has 0 bridgehead atoms. The van der Waals surface area contributed by atoms with Crippen LogP contribution in [-0.2, 0) is 0 Å². The second-order valence-electron chi connectivity index (χ2n) is 7.53. The molecule has 0 unspecified atom stereocenters. The van der Waals surface area contributed by atoms with E-state index in [1.165, 1.54) is 47.2 Å². The Morgan fingerprint density at radius 1 is 0.857 bits per heavy atom. The van der Waals surface area contributed by atoms with Gasteiger partial charge in [0.1, 0.15) is 0 Å². The van der Waals surface area contributed by atoms with E-state index in [1.807, 2.05) is 0 Å². The molecule has 1 aliphatic heterocycles. The molecule has 4 heteroatoms. The van der Waals surface area contributed by atoms with Gasteiger partial charge in [0.15, 0.2) is 0 Å². The van der Waals surface area contributed by atoms with Crippen LogP contribution in [0.1, 0.15) is 44.2 Å². The molecule has 28 heavy (non-hydrogen) atoms. The Labute approximate surface area is 181 Å². The molecule has 0 aromatic heterocycles. The number of unbranched alkanes of at least 4 members (excludes halogenated alkanes) is 2. The van der Waals surface area contributed by atoms with Crippen LogP contribution in [0.25, 0.3) is 21.5 Å². The summed E-state index contributed by atoms with van der Waals surface area (Å²) in [4.78, 5) is 2.72. The Morgan fingerprint density at radius 2 is 1.43 bits per heavy atom. The molecule has 4 rings (SSSR count). The number of benzene rings is 3. The third-order valence-electron chi connectivity index (χ3n) is 5.82. The lowest BCUT2D eigenvalue weighted by Crippen LogP contribution is -2.45. The first-order valence-electron chi connectivity index (χ1n) is 10.2. The van der Waals surface area contributed by atoms with Crippen LogP contribution in [0.2, 0.25) is 0 Å². The highest BCUT2D eigenvalue weighted by molar-refractivity contribution is 6.02. The molecule has 1 fully saturated rings. The van der Waals surface area contributed by atoms with Gasteiger partial charge >= 0.3 is 0 Å². The van der Waals surface area contributed by atoms with Crippen LogP contribution >= 0.6 is 24.8 Å². The first kappa shape index (κ1) is 23.0. The summed E-state index contributed by atoms with van der Waals surface area (Å²) in [6, 6.07) is 20.8.